The Morgan fingerprint density at radius 1 is 1.17 bits per heavy atom. The number of amides is 4. The summed E-state index contributed by atoms with van der Waals surface area (Å²) < 4.78 is 0. The molecule has 9 nitrogen and oxygen atoms in total. The van der Waals surface area contributed by atoms with E-state index in [0.717, 1.165) is 37.5 Å². The Bertz CT molecular complexity index is 1200. The van der Waals surface area contributed by atoms with Gasteiger partial charge in [0.1, 0.15) is 17.8 Å². The van der Waals surface area contributed by atoms with Gasteiger partial charge >= 0.3 is 0 Å². The first-order valence-electron chi connectivity index (χ1n) is 12.8. The molecule has 1 aromatic carbocycles. The Morgan fingerprint density at radius 3 is 2.72 bits per heavy atom. The second-order valence-electron chi connectivity index (χ2n) is 10.3. The molecular weight excluding hydrogens is 482 g/mol. The van der Waals surface area contributed by atoms with Crippen LogP contribution in [0.25, 0.3) is 10.9 Å². The highest BCUT2D eigenvalue weighted by molar-refractivity contribution is 6.35. The number of nitrogens with zero attached hydrogens (tertiary/aromatic N) is 1. The predicted octanol–water partition coefficient (Wildman–Crippen LogP) is 2.34. The van der Waals surface area contributed by atoms with E-state index in [1.54, 1.807) is 17.0 Å². The van der Waals surface area contributed by atoms with Crippen LogP contribution >= 0.6 is 11.6 Å². The fraction of sp³-hybridized carbons (Fsp3) is 0.538. The van der Waals surface area contributed by atoms with E-state index in [1.807, 2.05) is 12.1 Å². The number of hydrogen-bond donors (Lipinski definition) is 4. The Morgan fingerprint density at radius 2 is 1.97 bits per heavy atom. The number of carbonyl (C=O) groups is 4. The van der Waals surface area contributed by atoms with Crippen molar-refractivity contribution in [1.82, 2.24) is 20.5 Å². The lowest BCUT2D eigenvalue weighted by atomic mass is 9.78. The van der Waals surface area contributed by atoms with Crippen LogP contribution in [-0.2, 0) is 14.4 Å². The molecule has 0 bridgehead atoms. The molecule has 192 valence electrons. The number of likely N-dealkylation sites (tertiary alicyclic amines) is 1. The van der Waals surface area contributed by atoms with E-state index in [-0.39, 0.29) is 41.9 Å². The number of nitrogens with two attached hydrogens (primary N) is 1. The number of halogens is 1. The van der Waals surface area contributed by atoms with Crippen LogP contribution in [-0.4, -0.2) is 58.7 Å². The third-order valence-corrected chi connectivity index (χ3v) is 8.40. The number of fused-ring (bicyclic) bond motifs is 2. The van der Waals surface area contributed by atoms with Gasteiger partial charge in [0, 0.05) is 24.4 Å². The van der Waals surface area contributed by atoms with E-state index in [9.17, 15) is 19.2 Å². The number of aromatic amines is 1. The van der Waals surface area contributed by atoms with Gasteiger partial charge in [0.2, 0.25) is 17.7 Å². The number of piperidine rings is 1. The average Bonchev–Trinajstić information content (AvgIpc) is 3.47. The molecule has 0 radical (unpaired) electrons. The zero-order chi connectivity index (χ0) is 25.4. The largest absolute Gasteiger partial charge is 0.368 e. The van der Waals surface area contributed by atoms with Crippen LogP contribution in [0.3, 0.4) is 0 Å². The lowest BCUT2D eigenvalue weighted by Gasteiger charge is -2.31. The molecule has 3 heterocycles. The molecule has 1 aliphatic carbocycles. The average molecular weight is 514 g/mol. The maximum Gasteiger partial charge on any atom is 0.271 e. The number of benzene rings is 1. The Hall–Kier alpha value is -3.07. The van der Waals surface area contributed by atoms with E-state index in [4.69, 9.17) is 17.3 Å². The molecule has 1 aromatic heterocycles. The molecule has 3 fully saturated rings. The van der Waals surface area contributed by atoms with Crippen molar-refractivity contribution in [2.45, 2.75) is 57.0 Å². The van der Waals surface area contributed by atoms with E-state index in [1.165, 1.54) is 0 Å². The van der Waals surface area contributed by atoms with Gasteiger partial charge in [-0.05, 0) is 56.1 Å². The first-order valence-corrected chi connectivity index (χ1v) is 13.2. The minimum Gasteiger partial charge on any atom is -0.368 e. The Kier molecular flexibility index (Phi) is 6.92. The molecule has 5 N–H and O–H groups in total. The lowest BCUT2D eigenvalue weighted by molar-refractivity contribution is -0.133. The molecule has 2 saturated heterocycles. The van der Waals surface area contributed by atoms with Gasteiger partial charge in [-0.3, -0.25) is 19.2 Å². The van der Waals surface area contributed by atoms with Crippen LogP contribution in [0.1, 0.15) is 55.4 Å². The summed E-state index contributed by atoms with van der Waals surface area (Å²) in [6, 6.07) is 5.54. The number of carbonyl (C=O) groups excluding carboxylic acids is 4. The summed E-state index contributed by atoms with van der Waals surface area (Å²) in [5.41, 5.74) is 6.69. The van der Waals surface area contributed by atoms with Gasteiger partial charge in [-0.15, -0.1) is 0 Å². The number of primary amides is 1. The van der Waals surface area contributed by atoms with Crippen LogP contribution in [0.4, 0.5) is 0 Å². The highest BCUT2D eigenvalue weighted by Gasteiger charge is 2.49. The van der Waals surface area contributed by atoms with E-state index in [2.05, 4.69) is 15.6 Å². The SMILES string of the molecule is NC(=O)C(CC1CCCNC1=O)NC(=O)C1C2CCCCC2CN1C(=O)c1cc2cccc(Cl)c2[nH]1. The van der Waals surface area contributed by atoms with Crippen LogP contribution in [0, 0.1) is 17.8 Å². The van der Waals surface area contributed by atoms with Crippen LogP contribution < -0.4 is 16.4 Å². The van der Waals surface area contributed by atoms with Crippen molar-refractivity contribution < 1.29 is 19.2 Å². The predicted molar refractivity (Wildman–Crippen MR) is 135 cm³/mol. The molecule has 3 aliphatic rings. The number of rotatable bonds is 6. The van der Waals surface area contributed by atoms with Gasteiger partial charge in [0.25, 0.3) is 5.91 Å². The van der Waals surface area contributed by atoms with Crippen LogP contribution in [0.5, 0.6) is 0 Å². The first kappa shape index (κ1) is 24.6. The monoisotopic (exact) mass is 513 g/mol. The molecule has 0 spiro atoms. The van der Waals surface area contributed by atoms with Crippen molar-refractivity contribution in [3.63, 3.8) is 0 Å². The summed E-state index contributed by atoms with van der Waals surface area (Å²) in [4.78, 5) is 56.6. The van der Waals surface area contributed by atoms with Crippen molar-refractivity contribution in [1.29, 1.82) is 0 Å². The van der Waals surface area contributed by atoms with Crippen LogP contribution in [0.15, 0.2) is 24.3 Å². The third-order valence-electron chi connectivity index (χ3n) is 8.09. The fourth-order valence-corrected chi connectivity index (χ4v) is 6.49. The molecule has 5 rings (SSSR count). The van der Waals surface area contributed by atoms with Crippen molar-refractivity contribution >= 4 is 46.1 Å². The summed E-state index contributed by atoms with van der Waals surface area (Å²) in [5.74, 6) is -1.58. The van der Waals surface area contributed by atoms with Gasteiger partial charge in [0.05, 0.1) is 10.5 Å². The van der Waals surface area contributed by atoms with Gasteiger partial charge in [0.15, 0.2) is 0 Å². The Labute approximate surface area is 214 Å². The van der Waals surface area contributed by atoms with E-state index < -0.39 is 18.0 Å². The fourth-order valence-electron chi connectivity index (χ4n) is 6.26. The highest BCUT2D eigenvalue weighted by atomic mass is 35.5. The van der Waals surface area contributed by atoms with E-state index in [0.29, 0.717) is 35.7 Å². The topological polar surface area (TPSA) is 137 Å². The minimum atomic E-state index is -0.974. The molecule has 5 unspecified atom stereocenters. The summed E-state index contributed by atoms with van der Waals surface area (Å²) in [5, 5.41) is 6.96. The van der Waals surface area contributed by atoms with E-state index >= 15 is 0 Å². The number of nitrogens with one attached hydrogen (secondary N) is 3. The van der Waals surface area contributed by atoms with Crippen molar-refractivity contribution in [3.8, 4) is 0 Å². The zero-order valence-corrected chi connectivity index (χ0v) is 20.9. The lowest BCUT2D eigenvalue weighted by Crippen LogP contribution is -2.55. The summed E-state index contributed by atoms with van der Waals surface area (Å²) in [6.45, 7) is 1.10. The summed E-state index contributed by atoms with van der Waals surface area (Å²) >= 11 is 6.30. The number of H-pyrrole nitrogens is 1. The molecule has 4 amide bonds. The number of hydrogen-bond acceptors (Lipinski definition) is 4. The maximum absolute atomic E-state index is 13.7. The van der Waals surface area contributed by atoms with Gasteiger partial charge < -0.3 is 26.3 Å². The summed E-state index contributed by atoms with van der Waals surface area (Å²) in [6.07, 6.45) is 5.49. The molecule has 2 aliphatic heterocycles. The van der Waals surface area contributed by atoms with Crippen molar-refractivity contribution in [2.24, 2.45) is 23.5 Å². The third kappa shape index (κ3) is 4.68. The van der Waals surface area contributed by atoms with Gasteiger partial charge in [-0.25, -0.2) is 0 Å². The summed E-state index contributed by atoms with van der Waals surface area (Å²) in [7, 11) is 0. The zero-order valence-electron chi connectivity index (χ0n) is 20.1. The molecule has 10 heteroatoms. The standard InChI is InChI=1S/C26H32ClN5O4/c27-18-9-3-6-14-11-20(30-21(14)18)26(36)32-13-16-5-1-2-8-17(16)22(32)25(35)31-19(23(28)33)12-15-7-4-10-29-24(15)34/h3,6,9,11,15-17,19,22,30H,1-2,4-5,7-8,10,12-13H2,(H2,28,33)(H,29,34)(H,31,35). The number of aromatic nitrogens is 1. The minimum absolute atomic E-state index is 0.0159. The molecule has 1 saturated carbocycles. The Balaban J connectivity index is 1.39. The highest BCUT2D eigenvalue weighted by Crippen LogP contribution is 2.41. The quantitative estimate of drug-likeness (QED) is 0.471. The normalized spacial score (nSPS) is 26.8. The number of para-hydroxylation sites is 1. The first-order chi connectivity index (χ1) is 17.3. The van der Waals surface area contributed by atoms with Crippen molar-refractivity contribution in [3.05, 3.63) is 35.0 Å². The smallest absolute Gasteiger partial charge is 0.271 e. The molecule has 36 heavy (non-hydrogen) atoms. The van der Waals surface area contributed by atoms with Crippen molar-refractivity contribution in [2.75, 3.05) is 13.1 Å². The van der Waals surface area contributed by atoms with Gasteiger partial charge in [-0.2, -0.15) is 0 Å². The van der Waals surface area contributed by atoms with Gasteiger partial charge in [-0.1, -0.05) is 36.6 Å². The molecule has 5 atom stereocenters. The second kappa shape index (κ2) is 10.1. The van der Waals surface area contributed by atoms with Crippen LogP contribution in [0.2, 0.25) is 5.02 Å². The second-order valence-corrected chi connectivity index (χ2v) is 10.7. The molecule has 2 aromatic rings. The maximum atomic E-state index is 13.7. The molecular formula is C26H32ClN5O4.